The van der Waals surface area contributed by atoms with Gasteiger partial charge in [0.05, 0.1) is 6.10 Å². The molecule has 1 amide bonds. The molecule has 184 valence electrons. The summed E-state index contributed by atoms with van der Waals surface area (Å²) >= 11 is 0.552. The van der Waals surface area contributed by atoms with Gasteiger partial charge in [-0.25, -0.2) is 9.18 Å². The number of β-amino-alcohol motifs (C(OH)–C–C–N with tert-alkyl or cyclic N) is 1. The number of aryl methyl sites for hydroxylation is 1. The van der Waals surface area contributed by atoms with Gasteiger partial charge in [-0.2, -0.15) is 13.2 Å². The van der Waals surface area contributed by atoms with E-state index in [0.29, 0.717) is 22.5 Å². The number of nitrogens with one attached hydrogen (secondary N) is 2. The SMILES string of the molecule is Cc1ccc(-c2nnc(C(F)(F)F)s2)cc1.O=C(O)NCc1cccc(F)c1.OC1CCNC1. The molecule has 1 atom stereocenters. The summed E-state index contributed by atoms with van der Waals surface area (Å²) in [6, 6.07) is 12.9. The van der Waals surface area contributed by atoms with Gasteiger partial charge in [-0.05, 0) is 37.6 Å². The lowest BCUT2D eigenvalue weighted by atomic mass is 10.2. The third-order valence-corrected chi connectivity index (χ3v) is 5.35. The number of halogens is 4. The van der Waals surface area contributed by atoms with Crippen LogP contribution in [0.25, 0.3) is 10.6 Å². The van der Waals surface area contributed by atoms with Crippen LogP contribution in [0.4, 0.5) is 22.4 Å². The lowest BCUT2D eigenvalue weighted by molar-refractivity contribution is -0.138. The molecule has 1 aliphatic heterocycles. The second-order valence-electron chi connectivity index (χ2n) is 7.21. The van der Waals surface area contributed by atoms with E-state index in [0.717, 1.165) is 25.1 Å². The van der Waals surface area contributed by atoms with E-state index >= 15 is 0 Å². The standard InChI is InChI=1S/C10H7F3N2S.C8H8FNO2.C4H9NO/c1-6-2-4-7(5-3-6)8-14-15-9(16-8)10(11,12)13;9-7-3-1-2-6(4-7)5-10-8(11)12;6-4-1-2-5-3-4/h2-5H,1H3;1-4,10H,5H2,(H,11,12);4-6H,1-3H2. The molecular weight excluding hydrogens is 476 g/mol. The quantitative estimate of drug-likeness (QED) is 0.396. The van der Waals surface area contributed by atoms with E-state index < -0.39 is 17.3 Å². The zero-order valence-corrected chi connectivity index (χ0v) is 19.0. The molecule has 2 heterocycles. The smallest absolute Gasteiger partial charge is 0.445 e. The Morgan fingerprint density at radius 1 is 1.21 bits per heavy atom. The molecule has 1 fully saturated rings. The third-order valence-electron chi connectivity index (χ3n) is 4.33. The predicted molar refractivity (Wildman–Crippen MR) is 120 cm³/mol. The van der Waals surface area contributed by atoms with Crippen molar-refractivity contribution in [3.8, 4) is 10.6 Å². The fraction of sp³-hybridized carbons (Fsp3) is 0.318. The van der Waals surface area contributed by atoms with Gasteiger partial charge in [0.1, 0.15) is 10.8 Å². The highest BCUT2D eigenvalue weighted by Crippen LogP contribution is 2.34. The van der Waals surface area contributed by atoms with Crippen LogP contribution in [-0.2, 0) is 12.7 Å². The van der Waals surface area contributed by atoms with Gasteiger partial charge < -0.3 is 20.8 Å². The van der Waals surface area contributed by atoms with Gasteiger partial charge in [-0.1, -0.05) is 53.3 Å². The molecule has 2 aromatic carbocycles. The van der Waals surface area contributed by atoms with Crippen LogP contribution < -0.4 is 10.6 Å². The number of hydrogen-bond acceptors (Lipinski definition) is 6. The van der Waals surface area contributed by atoms with Crippen molar-refractivity contribution in [2.75, 3.05) is 13.1 Å². The minimum Gasteiger partial charge on any atom is -0.465 e. The molecule has 4 N–H and O–H groups in total. The average Bonchev–Trinajstić information content (AvgIpc) is 3.46. The molecule has 12 heteroatoms. The summed E-state index contributed by atoms with van der Waals surface area (Å²) < 4.78 is 49.4. The summed E-state index contributed by atoms with van der Waals surface area (Å²) in [5, 5.41) is 28.1. The Bertz CT molecular complexity index is 1040. The zero-order chi connectivity index (χ0) is 25.1. The van der Waals surface area contributed by atoms with Crippen LogP contribution in [0.5, 0.6) is 0 Å². The maximum atomic E-state index is 12.5. The number of carboxylic acid groups (broad SMARTS) is 1. The molecule has 0 radical (unpaired) electrons. The molecule has 1 aliphatic rings. The first-order valence-corrected chi connectivity index (χ1v) is 10.9. The number of nitrogens with zero attached hydrogens (tertiary/aromatic N) is 2. The van der Waals surface area contributed by atoms with Crippen LogP contribution >= 0.6 is 11.3 Å². The summed E-state index contributed by atoms with van der Waals surface area (Å²) in [7, 11) is 0. The van der Waals surface area contributed by atoms with E-state index in [4.69, 9.17) is 10.2 Å². The van der Waals surface area contributed by atoms with Crippen molar-refractivity contribution < 1.29 is 32.6 Å². The van der Waals surface area contributed by atoms with E-state index in [1.54, 1.807) is 18.2 Å². The lowest BCUT2D eigenvalue weighted by Gasteiger charge is -2.00. The van der Waals surface area contributed by atoms with Crippen LogP contribution in [0.15, 0.2) is 48.5 Å². The second-order valence-corrected chi connectivity index (χ2v) is 8.19. The Labute approximate surface area is 197 Å². The predicted octanol–water partition coefficient (Wildman–Crippen LogP) is 4.47. The molecular formula is C22H24F4N4O3S. The number of aromatic nitrogens is 2. The largest absolute Gasteiger partial charge is 0.465 e. The van der Waals surface area contributed by atoms with Crippen molar-refractivity contribution in [1.29, 1.82) is 0 Å². The van der Waals surface area contributed by atoms with Crippen LogP contribution in [-0.4, -0.2) is 45.7 Å². The number of hydrogen-bond donors (Lipinski definition) is 4. The van der Waals surface area contributed by atoms with Crippen LogP contribution in [0.3, 0.4) is 0 Å². The minimum absolute atomic E-state index is 0.0648. The van der Waals surface area contributed by atoms with Gasteiger partial charge >= 0.3 is 12.3 Å². The first-order valence-electron chi connectivity index (χ1n) is 10.1. The number of benzene rings is 2. The van der Waals surface area contributed by atoms with Crippen molar-refractivity contribution in [1.82, 2.24) is 20.8 Å². The number of aliphatic hydroxyl groups is 1. The van der Waals surface area contributed by atoms with Crippen molar-refractivity contribution in [3.63, 3.8) is 0 Å². The Balaban J connectivity index is 0.000000199. The molecule has 1 unspecified atom stereocenters. The molecule has 1 saturated heterocycles. The molecule has 0 aliphatic carbocycles. The third kappa shape index (κ3) is 9.81. The van der Waals surface area contributed by atoms with E-state index in [1.165, 1.54) is 18.2 Å². The average molecular weight is 501 g/mol. The van der Waals surface area contributed by atoms with Gasteiger partial charge in [0.25, 0.3) is 0 Å². The van der Waals surface area contributed by atoms with E-state index in [1.807, 2.05) is 19.1 Å². The van der Waals surface area contributed by atoms with E-state index in [2.05, 4.69) is 20.8 Å². The summed E-state index contributed by atoms with van der Waals surface area (Å²) in [5.41, 5.74) is 2.31. The van der Waals surface area contributed by atoms with Gasteiger partial charge in [-0.3, -0.25) is 0 Å². The summed E-state index contributed by atoms with van der Waals surface area (Å²) in [6.45, 7) is 3.82. The summed E-state index contributed by atoms with van der Waals surface area (Å²) in [4.78, 5) is 10.1. The van der Waals surface area contributed by atoms with Crippen molar-refractivity contribution >= 4 is 17.4 Å². The second kappa shape index (κ2) is 13.0. The Morgan fingerprint density at radius 3 is 2.38 bits per heavy atom. The number of amides is 1. The zero-order valence-electron chi connectivity index (χ0n) is 18.1. The Morgan fingerprint density at radius 2 is 1.91 bits per heavy atom. The minimum atomic E-state index is -4.42. The van der Waals surface area contributed by atoms with Crippen molar-refractivity contribution in [3.05, 3.63) is 70.5 Å². The molecule has 3 aromatic rings. The molecule has 0 spiro atoms. The Hall–Kier alpha value is -3.09. The molecule has 0 saturated carbocycles. The highest BCUT2D eigenvalue weighted by molar-refractivity contribution is 7.14. The fourth-order valence-electron chi connectivity index (χ4n) is 2.61. The Kier molecular flexibility index (Phi) is 10.4. The highest BCUT2D eigenvalue weighted by Gasteiger charge is 2.35. The number of aliphatic hydroxyl groups excluding tert-OH is 1. The van der Waals surface area contributed by atoms with E-state index in [9.17, 15) is 22.4 Å². The first kappa shape index (κ1) is 27.2. The summed E-state index contributed by atoms with van der Waals surface area (Å²) in [6.07, 6.45) is -4.66. The van der Waals surface area contributed by atoms with Crippen molar-refractivity contribution in [2.45, 2.75) is 32.2 Å². The number of rotatable bonds is 3. The highest BCUT2D eigenvalue weighted by atomic mass is 32.1. The molecule has 34 heavy (non-hydrogen) atoms. The monoisotopic (exact) mass is 500 g/mol. The number of carbonyl (C=O) groups is 1. The normalized spacial score (nSPS) is 14.9. The summed E-state index contributed by atoms with van der Waals surface area (Å²) in [5.74, 6) is -0.361. The van der Waals surface area contributed by atoms with Crippen molar-refractivity contribution in [2.24, 2.45) is 0 Å². The topological polar surface area (TPSA) is 107 Å². The molecule has 4 rings (SSSR count). The molecule has 7 nitrogen and oxygen atoms in total. The first-order chi connectivity index (χ1) is 16.0. The van der Waals surface area contributed by atoms with E-state index in [-0.39, 0.29) is 23.5 Å². The maximum absolute atomic E-state index is 12.5. The molecule has 1 aromatic heterocycles. The maximum Gasteiger partial charge on any atom is 0.445 e. The number of alkyl halides is 3. The van der Waals surface area contributed by atoms with Crippen LogP contribution in [0.1, 0.15) is 22.6 Å². The van der Waals surface area contributed by atoms with Gasteiger partial charge in [-0.15, -0.1) is 10.2 Å². The van der Waals surface area contributed by atoms with Crippen LogP contribution in [0.2, 0.25) is 0 Å². The molecule has 0 bridgehead atoms. The van der Waals surface area contributed by atoms with Gasteiger partial charge in [0.15, 0.2) is 0 Å². The van der Waals surface area contributed by atoms with Gasteiger partial charge in [0.2, 0.25) is 5.01 Å². The fourth-order valence-corrected chi connectivity index (χ4v) is 3.33. The van der Waals surface area contributed by atoms with Gasteiger partial charge in [0, 0.05) is 18.7 Å². The lowest BCUT2D eigenvalue weighted by Crippen LogP contribution is -2.19. The van der Waals surface area contributed by atoms with Crippen LogP contribution in [0, 0.1) is 12.7 Å².